The van der Waals surface area contributed by atoms with E-state index in [4.69, 9.17) is 5.73 Å². The summed E-state index contributed by atoms with van der Waals surface area (Å²) in [6, 6.07) is 1.35. The summed E-state index contributed by atoms with van der Waals surface area (Å²) < 4.78 is 0. The summed E-state index contributed by atoms with van der Waals surface area (Å²) in [6.07, 6.45) is 8.21. The Balaban J connectivity index is 2.05. The van der Waals surface area contributed by atoms with Crippen molar-refractivity contribution in [1.82, 2.24) is 14.9 Å². The van der Waals surface area contributed by atoms with Gasteiger partial charge in [0, 0.05) is 24.5 Å². The molecule has 0 radical (unpaired) electrons. The number of hydrogen-bond donors (Lipinski definition) is 1. The Morgan fingerprint density at radius 1 is 1.22 bits per heavy atom. The Labute approximate surface area is 110 Å². The van der Waals surface area contributed by atoms with Crippen LogP contribution in [0.2, 0.25) is 0 Å². The molecule has 1 aliphatic rings. The molecule has 4 nitrogen and oxygen atoms in total. The van der Waals surface area contributed by atoms with E-state index in [0.717, 1.165) is 24.2 Å². The van der Waals surface area contributed by atoms with Crippen molar-refractivity contribution >= 4 is 0 Å². The van der Waals surface area contributed by atoms with Crippen molar-refractivity contribution in [1.29, 1.82) is 0 Å². The average Bonchev–Trinajstić information content (AvgIpc) is 2.38. The molecule has 0 aliphatic heterocycles. The minimum atomic E-state index is 0.318. The summed E-state index contributed by atoms with van der Waals surface area (Å²) in [5, 5.41) is 0. The highest BCUT2D eigenvalue weighted by Crippen LogP contribution is 2.28. The number of rotatable bonds is 3. The Hall–Kier alpha value is -1.00. The molecule has 1 aromatic heterocycles. The molecular weight excluding hydrogens is 224 g/mol. The molecular formula is C14H24N4. The Morgan fingerprint density at radius 2 is 1.83 bits per heavy atom. The molecule has 0 spiro atoms. The average molecular weight is 248 g/mol. The molecule has 1 saturated carbocycles. The van der Waals surface area contributed by atoms with Gasteiger partial charge in [-0.25, -0.2) is 0 Å². The zero-order valence-electron chi connectivity index (χ0n) is 11.6. The van der Waals surface area contributed by atoms with Gasteiger partial charge in [-0.3, -0.25) is 14.9 Å². The molecule has 1 unspecified atom stereocenters. The Kier molecular flexibility index (Phi) is 4.30. The fraction of sp³-hybridized carbons (Fsp3) is 0.714. The van der Waals surface area contributed by atoms with Crippen molar-refractivity contribution in [2.45, 2.75) is 57.7 Å². The first-order chi connectivity index (χ1) is 8.59. The van der Waals surface area contributed by atoms with Crippen molar-refractivity contribution in [3.8, 4) is 0 Å². The van der Waals surface area contributed by atoms with Crippen LogP contribution in [0.1, 0.15) is 50.0 Å². The molecule has 1 atom stereocenters. The molecule has 0 saturated heterocycles. The molecule has 0 bridgehead atoms. The predicted molar refractivity (Wildman–Crippen MR) is 73.2 cm³/mol. The second kappa shape index (κ2) is 5.76. The van der Waals surface area contributed by atoms with Gasteiger partial charge < -0.3 is 5.73 Å². The van der Waals surface area contributed by atoms with Gasteiger partial charge in [0.25, 0.3) is 0 Å². The Morgan fingerprint density at radius 3 is 2.44 bits per heavy atom. The number of nitrogens with zero attached hydrogens (tertiary/aromatic N) is 3. The van der Waals surface area contributed by atoms with E-state index in [1.165, 1.54) is 12.8 Å². The first kappa shape index (κ1) is 13.4. The SMILES string of the molecule is Cc1nccnc1C(C)N(C)C1CCC(N)CC1. The highest BCUT2D eigenvalue weighted by Gasteiger charge is 2.26. The third kappa shape index (κ3) is 2.87. The smallest absolute Gasteiger partial charge is 0.0784 e. The summed E-state index contributed by atoms with van der Waals surface area (Å²) in [7, 11) is 2.19. The van der Waals surface area contributed by atoms with E-state index in [2.05, 4.69) is 28.8 Å². The minimum absolute atomic E-state index is 0.318. The number of aryl methyl sites for hydroxylation is 1. The first-order valence-corrected chi connectivity index (χ1v) is 6.84. The zero-order valence-corrected chi connectivity index (χ0v) is 11.6. The lowest BCUT2D eigenvalue weighted by atomic mass is 9.90. The van der Waals surface area contributed by atoms with Crippen molar-refractivity contribution in [3.05, 3.63) is 23.8 Å². The van der Waals surface area contributed by atoms with E-state index < -0.39 is 0 Å². The van der Waals surface area contributed by atoms with Gasteiger partial charge >= 0.3 is 0 Å². The van der Waals surface area contributed by atoms with E-state index >= 15 is 0 Å². The van der Waals surface area contributed by atoms with Crippen LogP contribution in [-0.2, 0) is 0 Å². The van der Waals surface area contributed by atoms with E-state index in [0.29, 0.717) is 18.1 Å². The van der Waals surface area contributed by atoms with Crippen LogP contribution in [0, 0.1) is 6.92 Å². The summed E-state index contributed by atoms with van der Waals surface area (Å²) in [5.74, 6) is 0. The van der Waals surface area contributed by atoms with E-state index in [1.807, 2.05) is 6.92 Å². The molecule has 1 heterocycles. The predicted octanol–water partition coefficient (Wildman–Crippen LogP) is 2.05. The molecule has 1 aliphatic carbocycles. The van der Waals surface area contributed by atoms with Gasteiger partial charge in [0.05, 0.1) is 17.4 Å². The van der Waals surface area contributed by atoms with Crippen LogP contribution in [0.15, 0.2) is 12.4 Å². The van der Waals surface area contributed by atoms with Crippen LogP contribution in [0.3, 0.4) is 0 Å². The van der Waals surface area contributed by atoms with Gasteiger partial charge in [0.15, 0.2) is 0 Å². The fourth-order valence-electron chi connectivity index (χ4n) is 2.85. The van der Waals surface area contributed by atoms with Crippen LogP contribution in [-0.4, -0.2) is 34.0 Å². The van der Waals surface area contributed by atoms with Crippen LogP contribution in [0.4, 0.5) is 0 Å². The van der Waals surface area contributed by atoms with E-state index in [9.17, 15) is 0 Å². The van der Waals surface area contributed by atoms with Gasteiger partial charge in [-0.1, -0.05) is 0 Å². The monoisotopic (exact) mass is 248 g/mol. The number of nitrogens with two attached hydrogens (primary N) is 1. The molecule has 1 fully saturated rings. The molecule has 0 aromatic carbocycles. The van der Waals surface area contributed by atoms with Crippen molar-refractivity contribution in [2.24, 2.45) is 5.73 Å². The first-order valence-electron chi connectivity index (χ1n) is 6.84. The summed E-state index contributed by atoms with van der Waals surface area (Å²) in [5.41, 5.74) is 8.09. The third-order valence-electron chi connectivity index (χ3n) is 4.24. The van der Waals surface area contributed by atoms with Gasteiger partial charge in [0.2, 0.25) is 0 Å². The second-order valence-electron chi connectivity index (χ2n) is 5.44. The summed E-state index contributed by atoms with van der Waals surface area (Å²) in [4.78, 5) is 11.2. The van der Waals surface area contributed by atoms with Gasteiger partial charge in [-0.15, -0.1) is 0 Å². The lowest BCUT2D eigenvalue weighted by Gasteiger charge is -2.37. The molecule has 2 N–H and O–H groups in total. The van der Waals surface area contributed by atoms with Gasteiger partial charge in [0.1, 0.15) is 0 Å². The highest BCUT2D eigenvalue weighted by molar-refractivity contribution is 5.13. The van der Waals surface area contributed by atoms with Crippen molar-refractivity contribution in [3.63, 3.8) is 0 Å². The van der Waals surface area contributed by atoms with Crippen LogP contribution >= 0.6 is 0 Å². The van der Waals surface area contributed by atoms with Gasteiger partial charge in [-0.2, -0.15) is 0 Å². The third-order valence-corrected chi connectivity index (χ3v) is 4.24. The number of aromatic nitrogens is 2. The van der Waals surface area contributed by atoms with E-state index in [1.54, 1.807) is 12.4 Å². The molecule has 18 heavy (non-hydrogen) atoms. The maximum Gasteiger partial charge on any atom is 0.0784 e. The summed E-state index contributed by atoms with van der Waals surface area (Å²) in [6.45, 7) is 4.25. The molecule has 2 rings (SSSR count). The highest BCUT2D eigenvalue weighted by atomic mass is 15.2. The Bertz CT molecular complexity index is 385. The zero-order chi connectivity index (χ0) is 13.1. The fourth-order valence-corrected chi connectivity index (χ4v) is 2.85. The standard InChI is InChI=1S/C14H24N4/c1-10-14(17-9-8-16-10)11(2)18(3)13-6-4-12(15)5-7-13/h8-9,11-13H,4-7,15H2,1-3H3. The number of hydrogen-bond acceptors (Lipinski definition) is 4. The lowest BCUT2D eigenvalue weighted by Crippen LogP contribution is -2.40. The molecule has 0 amide bonds. The van der Waals surface area contributed by atoms with Gasteiger partial charge in [-0.05, 0) is 46.6 Å². The van der Waals surface area contributed by atoms with Crippen LogP contribution in [0.5, 0.6) is 0 Å². The topological polar surface area (TPSA) is 55.0 Å². The van der Waals surface area contributed by atoms with Crippen molar-refractivity contribution < 1.29 is 0 Å². The molecule has 100 valence electrons. The molecule has 4 heteroatoms. The lowest BCUT2D eigenvalue weighted by molar-refractivity contribution is 0.138. The largest absolute Gasteiger partial charge is 0.328 e. The van der Waals surface area contributed by atoms with Crippen LogP contribution < -0.4 is 5.73 Å². The minimum Gasteiger partial charge on any atom is -0.328 e. The van der Waals surface area contributed by atoms with Crippen LogP contribution in [0.25, 0.3) is 0 Å². The second-order valence-corrected chi connectivity index (χ2v) is 5.44. The maximum absolute atomic E-state index is 5.97. The van der Waals surface area contributed by atoms with E-state index in [-0.39, 0.29) is 0 Å². The molecule has 1 aromatic rings. The quantitative estimate of drug-likeness (QED) is 0.889. The normalized spacial score (nSPS) is 26.3. The summed E-state index contributed by atoms with van der Waals surface area (Å²) >= 11 is 0. The maximum atomic E-state index is 5.97. The van der Waals surface area contributed by atoms with Crippen molar-refractivity contribution in [2.75, 3.05) is 7.05 Å².